The second kappa shape index (κ2) is 7.67. The minimum Gasteiger partial charge on any atom is -0.493 e. The summed E-state index contributed by atoms with van der Waals surface area (Å²) in [5.41, 5.74) is 2.83. The summed E-state index contributed by atoms with van der Waals surface area (Å²) in [6.07, 6.45) is 1.62. The number of rotatable bonds is 3. The molecule has 4 rings (SSSR count). The third kappa shape index (κ3) is 3.40. The van der Waals surface area contributed by atoms with Gasteiger partial charge in [0.1, 0.15) is 11.4 Å². The summed E-state index contributed by atoms with van der Waals surface area (Å²) in [7, 11) is 3.12. The van der Waals surface area contributed by atoms with Gasteiger partial charge in [-0.1, -0.05) is 6.07 Å². The normalized spacial score (nSPS) is 17.3. The van der Waals surface area contributed by atoms with Crippen molar-refractivity contribution in [1.29, 1.82) is 0 Å². The van der Waals surface area contributed by atoms with Crippen LogP contribution in [0.2, 0.25) is 0 Å². The number of amides is 1. The van der Waals surface area contributed by atoms with E-state index < -0.39 is 5.60 Å². The first kappa shape index (κ1) is 20.3. The first-order valence-corrected chi connectivity index (χ1v) is 10.2. The van der Waals surface area contributed by atoms with Gasteiger partial charge < -0.3 is 19.1 Å². The molecule has 2 aliphatic heterocycles. The summed E-state index contributed by atoms with van der Waals surface area (Å²) in [4.78, 5) is 27.6. The van der Waals surface area contributed by atoms with Crippen molar-refractivity contribution in [2.45, 2.75) is 38.7 Å². The molecule has 0 aliphatic carbocycles. The standard InChI is InChI=1S/C24H27NO5/c1-15-5-7-18-19(26)14-24(30-22(18)16(15)2)9-11-25(12-10-24)23(27)17-6-8-20(28-3)21(13-17)29-4/h5-8,13H,9-12,14H2,1-4H3. The number of methoxy groups -OCH3 is 2. The van der Waals surface area contributed by atoms with Crippen LogP contribution in [-0.4, -0.2) is 49.5 Å². The molecule has 1 saturated heterocycles. The topological polar surface area (TPSA) is 65.1 Å². The van der Waals surface area contributed by atoms with E-state index in [4.69, 9.17) is 14.2 Å². The lowest BCUT2D eigenvalue weighted by molar-refractivity contribution is -0.00621. The van der Waals surface area contributed by atoms with E-state index in [-0.39, 0.29) is 11.7 Å². The Morgan fingerprint density at radius 3 is 2.40 bits per heavy atom. The van der Waals surface area contributed by atoms with Gasteiger partial charge >= 0.3 is 0 Å². The molecule has 1 fully saturated rings. The maximum absolute atomic E-state index is 13.0. The number of benzene rings is 2. The van der Waals surface area contributed by atoms with Gasteiger partial charge in [0.2, 0.25) is 0 Å². The Bertz CT molecular complexity index is 1000. The minimum absolute atomic E-state index is 0.0552. The molecule has 0 unspecified atom stereocenters. The van der Waals surface area contributed by atoms with Gasteiger partial charge in [0.05, 0.1) is 26.2 Å². The van der Waals surface area contributed by atoms with E-state index >= 15 is 0 Å². The second-order valence-corrected chi connectivity index (χ2v) is 8.13. The number of aryl methyl sites for hydroxylation is 1. The molecule has 0 saturated carbocycles. The number of fused-ring (bicyclic) bond motifs is 1. The van der Waals surface area contributed by atoms with Gasteiger partial charge in [-0.05, 0) is 49.2 Å². The van der Waals surface area contributed by atoms with Crippen LogP contribution in [0.3, 0.4) is 0 Å². The highest BCUT2D eigenvalue weighted by atomic mass is 16.5. The van der Waals surface area contributed by atoms with Crippen molar-refractivity contribution >= 4 is 11.7 Å². The smallest absolute Gasteiger partial charge is 0.253 e. The maximum atomic E-state index is 13.0. The third-order valence-electron chi connectivity index (χ3n) is 6.37. The molecule has 6 heteroatoms. The zero-order valence-corrected chi connectivity index (χ0v) is 17.9. The molecule has 1 spiro atoms. The SMILES string of the molecule is COc1ccc(C(=O)N2CCC3(CC2)CC(=O)c2ccc(C)c(C)c2O3)cc1OC. The molecule has 2 aromatic carbocycles. The van der Waals surface area contributed by atoms with Crippen molar-refractivity contribution in [3.05, 3.63) is 52.6 Å². The summed E-state index contributed by atoms with van der Waals surface area (Å²) < 4.78 is 17.0. The number of ketones is 1. The fourth-order valence-electron chi connectivity index (χ4n) is 4.33. The van der Waals surface area contributed by atoms with Crippen LogP contribution in [0.25, 0.3) is 0 Å². The quantitative estimate of drug-likeness (QED) is 0.768. The lowest BCUT2D eigenvalue weighted by Gasteiger charge is -2.44. The lowest BCUT2D eigenvalue weighted by Crippen LogP contribution is -2.52. The van der Waals surface area contributed by atoms with Crippen molar-refractivity contribution in [3.8, 4) is 17.2 Å². The maximum Gasteiger partial charge on any atom is 0.253 e. The van der Waals surface area contributed by atoms with Gasteiger partial charge in [0, 0.05) is 31.5 Å². The fourth-order valence-corrected chi connectivity index (χ4v) is 4.33. The molecular weight excluding hydrogens is 382 g/mol. The molecule has 0 bridgehead atoms. The van der Waals surface area contributed by atoms with E-state index in [1.807, 2.05) is 30.9 Å². The summed E-state index contributed by atoms with van der Waals surface area (Å²) in [5.74, 6) is 1.90. The molecule has 1 amide bonds. The van der Waals surface area contributed by atoms with Crippen LogP contribution in [0.4, 0.5) is 0 Å². The summed E-state index contributed by atoms with van der Waals surface area (Å²) in [6.45, 7) is 5.10. The molecule has 158 valence electrons. The molecule has 2 aliphatic rings. The highest BCUT2D eigenvalue weighted by Crippen LogP contribution is 2.42. The molecular formula is C24H27NO5. The molecule has 0 N–H and O–H groups in total. The largest absolute Gasteiger partial charge is 0.493 e. The Balaban J connectivity index is 1.51. The van der Waals surface area contributed by atoms with Gasteiger partial charge in [0.15, 0.2) is 17.3 Å². The highest BCUT2D eigenvalue weighted by molar-refractivity contribution is 6.01. The average molecular weight is 409 g/mol. The van der Waals surface area contributed by atoms with Crippen molar-refractivity contribution in [2.24, 2.45) is 0 Å². The second-order valence-electron chi connectivity index (χ2n) is 8.13. The van der Waals surface area contributed by atoms with Gasteiger partial charge in [0.25, 0.3) is 5.91 Å². The van der Waals surface area contributed by atoms with Crippen molar-refractivity contribution in [3.63, 3.8) is 0 Å². The lowest BCUT2D eigenvalue weighted by atomic mass is 9.81. The van der Waals surface area contributed by atoms with Crippen LogP contribution < -0.4 is 14.2 Å². The monoisotopic (exact) mass is 409 g/mol. The number of likely N-dealkylation sites (tertiary alicyclic amines) is 1. The number of carbonyl (C=O) groups excluding carboxylic acids is 2. The zero-order valence-electron chi connectivity index (χ0n) is 17.9. The van der Waals surface area contributed by atoms with Crippen LogP contribution in [-0.2, 0) is 0 Å². The Hall–Kier alpha value is -3.02. The first-order valence-electron chi connectivity index (χ1n) is 10.2. The van der Waals surface area contributed by atoms with Gasteiger partial charge in [-0.25, -0.2) is 0 Å². The molecule has 0 atom stereocenters. The Morgan fingerprint density at radius 1 is 1.03 bits per heavy atom. The van der Waals surface area contributed by atoms with Crippen LogP contribution in [0, 0.1) is 13.8 Å². The van der Waals surface area contributed by atoms with E-state index in [2.05, 4.69) is 0 Å². The van der Waals surface area contributed by atoms with Crippen molar-refractivity contribution in [1.82, 2.24) is 4.90 Å². The van der Waals surface area contributed by atoms with Crippen LogP contribution in [0.15, 0.2) is 30.3 Å². The molecule has 0 radical (unpaired) electrons. The van der Waals surface area contributed by atoms with Crippen LogP contribution in [0.5, 0.6) is 17.2 Å². The number of hydrogen-bond acceptors (Lipinski definition) is 5. The average Bonchev–Trinajstić information content (AvgIpc) is 2.76. The summed E-state index contributed by atoms with van der Waals surface area (Å²) in [6, 6.07) is 9.02. The van der Waals surface area contributed by atoms with E-state index in [1.165, 1.54) is 0 Å². The number of nitrogens with zero attached hydrogens (tertiary/aromatic N) is 1. The Morgan fingerprint density at radius 2 is 1.73 bits per heavy atom. The van der Waals surface area contributed by atoms with Crippen LogP contribution >= 0.6 is 0 Å². The summed E-state index contributed by atoms with van der Waals surface area (Å²) in [5, 5.41) is 0. The van der Waals surface area contributed by atoms with Crippen molar-refractivity contribution in [2.75, 3.05) is 27.3 Å². The van der Waals surface area contributed by atoms with Gasteiger partial charge in [-0.3, -0.25) is 9.59 Å². The van der Waals surface area contributed by atoms with Crippen molar-refractivity contribution < 1.29 is 23.8 Å². The zero-order chi connectivity index (χ0) is 21.5. The van der Waals surface area contributed by atoms with E-state index in [1.54, 1.807) is 32.4 Å². The molecule has 2 aromatic rings. The van der Waals surface area contributed by atoms with E-state index in [0.29, 0.717) is 60.7 Å². The Labute approximate surface area is 176 Å². The predicted octanol–water partition coefficient (Wildman–Crippen LogP) is 3.96. The number of hydrogen-bond donors (Lipinski definition) is 0. The first-order chi connectivity index (χ1) is 14.4. The predicted molar refractivity (Wildman–Crippen MR) is 113 cm³/mol. The minimum atomic E-state index is -0.531. The fraction of sp³-hybridized carbons (Fsp3) is 0.417. The van der Waals surface area contributed by atoms with Gasteiger partial charge in [-0.15, -0.1) is 0 Å². The third-order valence-corrected chi connectivity index (χ3v) is 6.37. The van der Waals surface area contributed by atoms with Crippen LogP contribution in [0.1, 0.15) is 51.1 Å². The van der Waals surface area contributed by atoms with E-state index in [0.717, 1.165) is 11.1 Å². The van der Waals surface area contributed by atoms with E-state index in [9.17, 15) is 9.59 Å². The number of piperidine rings is 1. The molecule has 6 nitrogen and oxygen atoms in total. The van der Waals surface area contributed by atoms with Gasteiger partial charge in [-0.2, -0.15) is 0 Å². The molecule has 0 aromatic heterocycles. The number of carbonyl (C=O) groups is 2. The Kier molecular flexibility index (Phi) is 5.18. The number of ether oxygens (including phenoxy) is 3. The molecule has 30 heavy (non-hydrogen) atoms. The molecule has 2 heterocycles. The highest BCUT2D eigenvalue weighted by Gasteiger charge is 2.44. The number of Topliss-reactive ketones (excluding diaryl/α,β-unsaturated/α-hetero) is 1. The summed E-state index contributed by atoms with van der Waals surface area (Å²) >= 11 is 0.